The average Bonchev–Trinajstić information content (AvgIpc) is 2.56. The van der Waals surface area contributed by atoms with Crippen LogP contribution >= 0.6 is 33.9 Å². The molecule has 0 atom stereocenters. The summed E-state index contributed by atoms with van der Waals surface area (Å²) in [5.41, 5.74) is 0. The quantitative estimate of drug-likeness (QED) is 0.509. The van der Waals surface area contributed by atoms with E-state index in [0.717, 1.165) is 10.8 Å². The van der Waals surface area contributed by atoms with Gasteiger partial charge in [-0.25, -0.2) is 13.1 Å². The standard InChI is InChI=1S/C7H10INO2S2/c8-4-2-5-9-13(10,11)7-3-1-6-12-7/h1,3,6,9H,2,4-5H2. The van der Waals surface area contributed by atoms with Crippen molar-refractivity contribution in [2.24, 2.45) is 0 Å². The summed E-state index contributed by atoms with van der Waals surface area (Å²) in [6.45, 7) is 0.517. The fourth-order valence-electron chi connectivity index (χ4n) is 0.761. The molecule has 0 saturated heterocycles. The second kappa shape index (κ2) is 5.28. The van der Waals surface area contributed by atoms with Crippen LogP contribution in [0.5, 0.6) is 0 Å². The van der Waals surface area contributed by atoms with Gasteiger partial charge in [-0.1, -0.05) is 28.7 Å². The van der Waals surface area contributed by atoms with Crippen LogP contribution in [0.3, 0.4) is 0 Å². The van der Waals surface area contributed by atoms with E-state index in [1.165, 1.54) is 11.3 Å². The van der Waals surface area contributed by atoms with E-state index in [0.29, 0.717) is 10.8 Å². The molecular formula is C7H10INO2S2. The van der Waals surface area contributed by atoms with Gasteiger partial charge in [0.25, 0.3) is 0 Å². The highest BCUT2D eigenvalue weighted by Gasteiger charge is 2.13. The molecule has 0 radical (unpaired) electrons. The van der Waals surface area contributed by atoms with E-state index >= 15 is 0 Å². The molecule has 0 saturated carbocycles. The zero-order chi connectivity index (χ0) is 9.73. The third-order valence-corrected chi connectivity index (χ3v) is 4.98. The maximum atomic E-state index is 11.5. The lowest BCUT2D eigenvalue weighted by Crippen LogP contribution is -2.24. The number of rotatable bonds is 5. The largest absolute Gasteiger partial charge is 0.250 e. The van der Waals surface area contributed by atoms with Crippen LogP contribution in [0.2, 0.25) is 0 Å². The van der Waals surface area contributed by atoms with Gasteiger partial charge in [-0.15, -0.1) is 11.3 Å². The van der Waals surface area contributed by atoms with Crippen LogP contribution in [0.1, 0.15) is 6.42 Å². The fraction of sp³-hybridized carbons (Fsp3) is 0.429. The Balaban J connectivity index is 2.58. The van der Waals surface area contributed by atoms with Crippen LogP contribution in [0.4, 0.5) is 0 Å². The summed E-state index contributed by atoms with van der Waals surface area (Å²) < 4.78 is 26.8. The molecule has 0 amide bonds. The molecule has 1 heterocycles. The van der Waals surface area contributed by atoms with Crippen LogP contribution in [-0.4, -0.2) is 19.4 Å². The number of thiophene rings is 1. The number of halogens is 1. The van der Waals surface area contributed by atoms with E-state index in [-0.39, 0.29) is 0 Å². The molecule has 1 rings (SSSR count). The van der Waals surface area contributed by atoms with Crippen LogP contribution in [0.15, 0.2) is 21.7 Å². The molecule has 1 aromatic rings. The van der Waals surface area contributed by atoms with E-state index in [2.05, 4.69) is 27.3 Å². The minimum atomic E-state index is -3.22. The lowest BCUT2D eigenvalue weighted by Gasteiger charge is -2.02. The predicted octanol–water partition coefficient (Wildman–Crippen LogP) is 1.85. The highest BCUT2D eigenvalue weighted by molar-refractivity contribution is 14.1. The first-order chi connectivity index (χ1) is 6.17. The van der Waals surface area contributed by atoms with Crippen molar-refractivity contribution in [3.63, 3.8) is 0 Å². The molecule has 13 heavy (non-hydrogen) atoms. The van der Waals surface area contributed by atoms with Gasteiger partial charge in [-0.05, 0) is 17.9 Å². The lowest BCUT2D eigenvalue weighted by molar-refractivity contribution is 0.583. The SMILES string of the molecule is O=S(=O)(NCCCI)c1cccs1. The normalized spacial score (nSPS) is 11.8. The Hall–Kier alpha value is 0.340. The van der Waals surface area contributed by atoms with Gasteiger partial charge >= 0.3 is 0 Å². The number of hydrogen-bond donors (Lipinski definition) is 1. The molecule has 6 heteroatoms. The van der Waals surface area contributed by atoms with E-state index in [1.807, 2.05) is 0 Å². The van der Waals surface area contributed by atoms with Crippen molar-refractivity contribution >= 4 is 44.0 Å². The Morgan fingerprint density at radius 2 is 2.31 bits per heavy atom. The van der Waals surface area contributed by atoms with Crippen molar-refractivity contribution < 1.29 is 8.42 Å². The van der Waals surface area contributed by atoms with E-state index < -0.39 is 10.0 Å². The first-order valence-electron chi connectivity index (χ1n) is 3.76. The minimum absolute atomic E-state index is 0.390. The topological polar surface area (TPSA) is 46.2 Å². The molecule has 0 aliphatic rings. The van der Waals surface area contributed by atoms with E-state index in [9.17, 15) is 8.42 Å². The molecule has 0 fully saturated rings. The van der Waals surface area contributed by atoms with E-state index in [4.69, 9.17) is 0 Å². The Labute approximate surface area is 95.7 Å². The van der Waals surface area contributed by atoms with Crippen molar-refractivity contribution in [1.29, 1.82) is 0 Å². The highest BCUT2D eigenvalue weighted by atomic mass is 127. The molecule has 74 valence electrons. The van der Waals surface area contributed by atoms with Crippen molar-refractivity contribution in [2.75, 3.05) is 11.0 Å². The molecule has 0 spiro atoms. The smallest absolute Gasteiger partial charge is 0.210 e. The van der Waals surface area contributed by atoms with Gasteiger partial charge in [0, 0.05) is 11.0 Å². The van der Waals surface area contributed by atoms with Gasteiger partial charge in [-0.3, -0.25) is 0 Å². The molecule has 0 unspecified atom stereocenters. The maximum Gasteiger partial charge on any atom is 0.250 e. The summed E-state index contributed by atoms with van der Waals surface area (Å²) in [7, 11) is -3.22. The summed E-state index contributed by atoms with van der Waals surface area (Å²) in [5, 5.41) is 1.76. The van der Waals surface area contributed by atoms with Crippen molar-refractivity contribution in [1.82, 2.24) is 4.72 Å². The summed E-state index contributed by atoms with van der Waals surface area (Å²) in [6.07, 6.45) is 0.866. The van der Waals surface area contributed by atoms with Crippen LogP contribution < -0.4 is 4.72 Å². The Morgan fingerprint density at radius 3 is 2.85 bits per heavy atom. The second-order valence-electron chi connectivity index (χ2n) is 2.37. The average molecular weight is 331 g/mol. The zero-order valence-corrected chi connectivity index (χ0v) is 10.7. The van der Waals surface area contributed by atoms with Gasteiger partial charge in [0.2, 0.25) is 10.0 Å². The van der Waals surface area contributed by atoms with Crippen LogP contribution in [0.25, 0.3) is 0 Å². The minimum Gasteiger partial charge on any atom is -0.210 e. The number of hydrogen-bond acceptors (Lipinski definition) is 3. The second-order valence-corrected chi connectivity index (χ2v) is 6.39. The van der Waals surface area contributed by atoms with Gasteiger partial charge in [-0.2, -0.15) is 0 Å². The number of sulfonamides is 1. The van der Waals surface area contributed by atoms with Crippen LogP contribution in [-0.2, 0) is 10.0 Å². The predicted molar refractivity (Wildman–Crippen MR) is 63.0 cm³/mol. The molecule has 0 aliphatic carbocycles. The molecule has 0 aliphatic heterocycles. The zero-order valence-electron chi connectivity index (χ0n) is 6.86. The molecule has 1 aromatic heterocycles. The van der Waals surface area contributed by atoms with Crippen molar-refractivity contribution in [3.05, 3.63) is 17.5 Å². The van der Waals surface area contributed by atoms with Gasteiger partial charge < -0.3 is 0 Å². The van der Waals surface area contributed by atoms with Gasteiger partial charge in [0.1, 0.15) is 4.21 Å². The van der Waals surface area contributed by atoms with Gasteiger partial charge in [0.05, 0.1) is 0 Å². The monoisotopic (exact) mass is 331 g/mol. The summed E-state index contributed by atoms with van der Waals surface area (Å²) in [6, 6.07) is 3.34. The Morgan fingerprint density at radius 1 is 1.54 bits per heavy atom. The van der Waals surface area contributed by atoms with Gasteiger partial charge in [0.15, 0.2) is 0 Å². The Kier molecular flexibility index (Phi) is 4.63. The number of alkyl halides is 1. The summed E-state index contributed by atoms with van der Waals surface area (Å²) in [4.78, 5) is 0. The van der Waals surface area contributed by atoms with Crippen LogP contribution in [0, 0.1) is 0 Å². The molecule has 3 nitrogen and oxygen atoms in total. The molecule has 0 bridgehead atoms. The Bertz CT molecular complexity index is 333. The highest BCUT2D eigenvalue weighted by Crippen LogP contribution is 2.14. The third-order valence-electron chi connectivity index (χ3n) is 1.36. The molecular weight excluding hydrogens is 321 g/mol. The molecule has 0 aromatic carbocycles. The van der Waals surface area contributed by atoms with Crippen molar-refractivity contribution in [3.8, 4) is 0 Å². The number of nitrogens with one attached hydrogen (secondary N) is 1. The van der Waals surface area contributed by atoms with Crippen molar-refractivity contribution in [2.45, 2.75) is 10.6 Å². The summed E-state index contributed by atoms with van der Waals surface area (Å²) in [5.74, 6) is 0. The maximum absolute atomic E-state index is 11.5. The lowest BCUT2D eigenvalue weighted by atomic mass is 10.5. The fourth-order valence-corrected chi connectivity index (χ4v) is 3.25. The summed E-state index contributed by atoms with van der Waals surface area (Å²) >= 11 is 3.46. The van der Waals surface area contributed by atoms with E-state index in [1.54, 1.807) is 17.5 Å². The molecule has 1 N–H and O–H groups in total. The first kappa shape index (κ1) is 11.4. The first-order valence-corrected chi connectivity index (χ1v) is 7.65. The third kappa shape index (κ3) is 3.53.